The Bertz CT molecular complexity index is 366. The molecule has 1 aromatic rings. The van der Waals surface area contributed by atoms with E-state index in [1.54, 1.807) is 0 Å². The van der Waals surface area contributed by atoms with Crippen LogP contribution in [0.4, 0.5) is 0 Å². The molecule has 0 aromatic carbocycles. The van der Waals surface area contributed by atoms with Crippen molar-refractivity contribution in [2.75, 3.05) is 7.05 Å². The standard InChI is InChI=1S/C15H24BrNS/c1-10(2)11-4-6-12(7-5-11)14(17-3)15-13(16)8-9-18-15/h8-12,14,17H,4-7H2,1-3H3. The Morgan fingerprint density at radius 2 is 1.83 bits per heavy atom. The smallest absolute Gasteiger partial charge is 0.0452 e. The van der Waals surface area contributed by atoms with Gasteiger partial charge in [0.25, 0.3) is 0 Å². The Hall–Kier alpha value is 0.140. The van der Waals surface area contributed by atoms with Crippen molar-refractivity contribution in [3.05, 3.63) is 20.8 Å². The SMILES string of the molecule is CNC(c1sccc1Br)C1CCC(C(C)C)CC1. The number of rotatable bonds is 4. The molecule has 1 nitrogen and oxygen atoms in total. The maximum atomic E-state index is 3.68. The van der Waals surface area contributed by atoms with Gasteiger partial charge in [-0.05, 0) is 77.9 Å². The fourth-order valence-corrected chi connectivity index (χ4v) is 5.08. The minimum atomic E-state index is 0.535. The summed E-state index contributed by atoms with van der Waals surface area (Å²) < 4.78 is 1.28. The molecule has 1 aliphatic rings. The largest absolute Gasteiger partial charge is 0.312 e. The molecule has 102 valence electrons. The molecular formula is C15H24BrNS. The number of thiophene rings is 1. The summed E-state index contributed by atoms with van der Waals surface area (Å²) in [5.41, 5.74) is 0. The van der Waals surface area contributed by atoms with Crippen LogP contribution >= 0.6 is 27.3 Å². The first kappa shape index (κ1) is 14.5. The second-order valence-electron chi connectivity index (χ2n) is 5.82. The quantitative estimate of drug-likeness (QED) is 0.797. The molecular weight excluding hydrogens is 306 g/mol. The summed E-state index contributed by atoms with van der Waals surface area (Å²) in [5, 5.41) is 5.72. The molecule has 0 bridgehead atoms. The fourth-order valence-electron chi connectivity index (χ4n) is 3.25. The number of halogens is 1. The lowest BCUT2D eigenvalue weighted by Gasteiger charge is -2.35. The third-order valence-corrected chi connectivity index (χ3v) is 6.42. The normalized spacial score (nSPS) is 26.5. The Kier molecular flexibility index (Phi) is 5.28. The Labute approximate surface area is 123 Å². The van der Waals surface area contributed by atoms with Crippen molar-refractivity contribution >= 4 is 27.3 Å². The van der Waals surface area contributed by atoms with Crippen LogP contribution in [0.3, 0.4) is 0 Å². The van der Waals surface area contributed by atoms with Crippen LogP contribution in [0, 0.1) is 17.8 Å². The Morgan fingerprint density at radius 1 is 1.22 bits per heavy atom. The molecule has 1 saturated carbocycles. The second-order valence-corrected chi connectivity index (χ2v) is 7.62. The molecule has 0 radical (unpaired) electrons. The van der Waals surface area contributed by atoms with Crippen molar-refractivity contribution in [2.24, 2.45) is 17.8 Å². The first-order valence-corrected chi connectivity index (χ1v) is 8.71. The van der Waals surface area contributed by atoms with Gasteiger partial charge in [0.05, 0.1) is 0 Å². The van der Waals surface area contributed by atoms with Crippen LogP contribution in [-0.4, -0.2) is 7.05 Å². The third-order valence-electron chi connectivity index (χ3n) is 4.47. The highest BCUT2D eigenvalue weighted by Gasteiger charge is 2.30. The van der Waals surface area contributed by atoms with Crippen molar-refractivity contribution in [3.63, 3.8) is 0 Å². The first-order valence-electron chi connectivity index (χ1n) is 7.03. The Balaban J connectivity index is 2.01. The molecule has 1 heterocycles. The molecule has 3 heteroatoms. The lowest BCUT2D eigenvalue weighted by Crippen LogP contribution is -2.29. The van der Waals surface area contributed by atoms with Crippen molar-refractivity contribution in [1.82, 2.24) is 5.32 Å². The van der Waals surface area contributed by atoms with E-state index in [0.29, 0.717) is 6.04 Å². The van der Waals surface area contributed by atoms with Crippen LogP contribution in [-0.2, 0) is 0 Å². The predicted molar refractivity (Wildman–Crippen MR) is 84.1 cm³/mol. The average Bonchev–Trinajstić information content (AvgIpc) is 2.78. The maximum Gasteiger partial charge on any atom is 0.0452 e. The van der Waals surface area contributed by atoms with Gasteiger partial charge in [0, 0.05) is 15.4 Å². The summed E-state index contributed by atoms with van der Waals surface area (Å²) in [6.07, 6.45) is 5.56. The zero-order chi connectivity index (χ0) is 13.1. The summed E-state index contributed by atoms with van der Waals surface area (Å²) >= 11 is 5.55. The van der Waals surface area contributed by atoms with Crippen molar-refractivity contribution < 1.29 is 0 Å². The van der Waals surface area contributed by atoms with Gasteiger partial charge in [0.2, 0.25) is 0 Å². The van der Waals surface area contributed by atoms with Gasteiger partial charge in [0.1, 0.15) is 0 Å². The molecule has 1 unspecified atom stereocenters. The van der Waals surface area contributed by atoms with Gasteiger partial charge in [-0.2, -0.15) is 0 Å². The van der Waals surface area contributed by atoms with Crippen molar-refractivity contribution in [1.29, 1.82) is 0 Å². The molecule has 1 aromatic heterocycles. The van der Waals surface area contributed by atoms with Crippen molar-refractivity contribution in [2.45, 2.75) is 45.6 Å². The molecule has 1 fully saturated rings. The number of nitrogens with one attached hydrogen (secondary N) is 1. The zero-order valence-corrected chi connectivity index (χ0v) is 14.0. The van der Waals surface area contributed by atoms with Crippen molar-refractivity contribution in [3.8, 4) is 0 Å². The average molecular weight is 330 g/mol. The van der Waals surface area contributed by atoms with Crippen LogP contribution in [0.5, 0.6) is 0 Å². The molecule has 18 heavy (non-hydrogen) atoms. The monoisotopic (exact) mass is 329 g/mol. The molecule has 0 aliphatic heterocycles. The number of hydrogen-bond donors (Lipinski definition) is 1. The first-order chi connectivity index (χ1) is 8.63. The van der Waals surface area contributed by atoms with E-state index in [0.717, 1.165) is 17.8 Å². The highest BCUT2D eigenvalue weighted by atomic mass is 79.9. The molecule has 0 amide bonds. The summed E-state index contributed by atoms with van der Waals surface area (Å²) in [6.45, 7) is 4.74. The van der Waals surface area contributed by atoms with Crippen LogP contribution in [0.15, 0.2) is 15.9 Å². The van der Waals surface area contributed by atoms with Crippen LogP contribution in [0.1, 0.15) is 50.4 Å². The highest BCUT2D eigenvalue weighted by molar-refractivity contribution is 9.10. The van der Waals surface area contributed by atoms with Gasteiger partial charge >= 0.3 is 0 Å². The second kappa shape index (κ2) is 6.53. The molecule has 0 saturated heterocycles. The molecule has 1 aliphatic carbocycles. The van der Waals surface area contributed by atoms with E-state index in [4.69, 9.17) is 0 Å². The van der Waals surface area contributed by atoms with E-state index >= 15 is 0 Å². The Morgan fingerprint density at radius 3 is 2.28 bits per heavy atom. The molecule has 1 atom stereocenters. The van der Waals surface area contributed by atoms with E-state index in [1.165, 1.54) is 35.0 Å². The molecule has 0 spiro atoms. The molecule has 2 rings (SSSR count). The zero-order valence-electron chi connectivity index (χ0n) is 11.6. The van der Waals surface area contributed by atoms with Gasteiger partial charge in [-0.3, -0.25) is 0 Å². The van der Waals surface area contributed by atoms with Gasteiger partial charge in [-0.15, -0.1) is 11.3 Å². The third kappa shape index (κ3) is 3.17. The van der Waals surface area contributed by atoms with E-state index in [1.807, 2.05) is 11.3 Å². The van der Waals surface area contributed by atoms with Crippen LogP contribution < -0.4 is 5.32 Å². The molecule has 1 N–H and O–H groups in total. The van der Waals surface area contributed by atoms with E-state index in [-0.39, 0.29) is 0 Å². The van der Waals surface area contributed by atoms with Crippen LogP contribution in [0.25, 0.3) is 0 Å². The van der Waals surface area contributed by atoms with E-state index < -0.39 is 0 Å². The predicted octanol–water partition coefficient (Wildman–Crippen LogP) is 5.23. The van der Waals surface area contributed by atoms with Gasteiger partial charge in [-0.25, -0.2) is 0 Å². The summed E-state index contributed by atoms with van der Waals surface area (Å²) in [4.78, 5) is 1.48. The fraction of sp³-hybridized carbons (Fsp3) is 0.733. The minimum Gasteiger partial charge on any atom is -0.312 e. The van der Waals surface area contributed by atoms with E-state index in [2.05, 4.69) is 53.6 Å². The maximum absolute atomic E-state index is 3.68. The lowest BCUT2D eigenvalue weighted by molar-refractivity contribution is 0.194. The van der Waals surface area contributed by atoms with Gasteiger partial charge in [-0.1, -0.05) is 13.8 Å². The van der Waals surface area contributed by atoms with E-state index in [9.17, 15) is 0 Å². The summed E-state index contributed by atoms with van der Waals surface area (Å²) in [7, 11) is 2.10. The number of hydrogen-bond acceptors (Lipinski definition) is 2. The lowest BCUT2D eigenvalue weighted by atomic mass is 9.74. The van der Waals surface area contributed by atoms with Gasteiger partial charge < -0.3 is 5.32 Å². The summed E-state index contributed by atoms with van der Waals surface area (Å²) in [5.74, 6) is 2.61. The minimum absolute atomic E-state index is 0.535. The van der Waals surface area contributed by atoms with Gasteiger partial charge in [0.15, 0.2) is 0 Å². The summed E-state index contributed by atoms with van der Waals surface area (Å²) in [6, 6.07) is 2.71. The highest BCUT2D eigenvalue weighted by Crippen LogP contribution is 2.42. The topological polar surface area (TPSA) is 12.0 Å². The van der Waals surface area contributed by atoms with Crippen LogP contribution in [0.2, 0.25) is 0 Å².